The van der Waals surface area contributed by atoms with Crippen LogP contribution in [0.25, 0.3) is 0 Å². The second-order valence-electron chi connectivity index (χ2n) is 8.79. The Morgan fingerprint density at radius 1 is 0.676 bits per heavy atom. The van der Waals surface area contributed by atoms with Gasteiger partial charge in [0.15, 0.2) is 0 Å². The lowest BCUT2D eigenvalue weighted by atomic mass is 10.1. The van der Waals surface area contributed by atoms with Crippen LogP contribution in [0, 0.1) is 0 Å². The van der Waals surface area contributed by atoms with Crippen LogP contribution in [0.1, 0.15) is 27.9 Å². The van der Waals surface area contributed by atoms with Crippen molar-refractivity contribution < 1.29 is 9.59 Å². The second-order valence-corrected chi connectivity index (χ2v) is 8.79. The van der Waals surface area contributed by atoms with Crippen LogP contribution in [0.2, 0.25) is 0 Å². The number of hydrogen-bond donors (Lipinski definition) is 0. The molecule has 5 nitrogen and oxygen atoms in total. The van der Waals surface area contributed by atoms with Gasteiger partial charge in [-0.25, -0.2) is 0 Å². The van der Waals surface area contributed by atoms with E-state index in [-0.39, 0.29) is 11.8 Å². The lowest BCUT2D eigenvalue weighted by Gasteiger charge is -2.35. The topological polar surface area (TPSA) is 43.9 Å². The second kappa shape index (κ2) is 12.1. The first-order valence-electron chi connectivity index (χ1n) is 12.1. The summed E-state index contributed by atoms with van der Waals surface area (Å²) in [6.45, 7) is 5.18. The summed E-state index contributed by atoms with van der Waals surface area (Å²) in [5.41, 5.74) is 3.16. The molecule has 3 aromatic carbocycles. The van der Waals surface area contributed by atoms with E-state index >= 15 is 0 Å². The van der Waals surface area contributed by atoms with Crippen LogP contribution in [0.3, 0.4) is 0 Å². The number of carbonyl (C=O) groups excluding carboxylic acids is 2. The molecule has 0 saturated carbocycles. The molecule has 1 saturated heterocycles. The normalized spacial score (nSPS) is 14.1. The predicted octanol–water partition coefficient (Wildman–Crippen LogP) is 4.11. The molecule has 0 aliphatic carbocycles. The molecule has 0 radical (unpaired) electrons. The van der Waals surface area contributed by atoms with Gasteiger partial charge in [-0.3, -0.25) is 14.5 Å². The van der Waals surface area contributed by atoms with Crippen LogP contribution < -0.4 is 0 Å². The van der Waals surface area contributed by atoms with Gasteiger partial charge in [0.2, 0.25) is 5.91 Å². The molecule has 1 aliphatic rings. The fraction of sp³-hybridized carbons (Fsp3) is 0.310. The molecular weight excluding hydrogens is 422 g/mol. The van der Waals surface area contributed by atoms with Crippen molar-refractivity contribution >= 4 is 11.8 Å². The molecule has 0 atom stereocenters. The minimum atomic E-state index is -0.0167. The highest BCUT2D eigenvalue weighted by molar-refractivity contribution is 5.94. The predicted molar refractivity (Wildman–Crippen MR) is 135 cm³/mol. The minimum absolute atomic E-state index is 0.0167. The Labute approximate surface area is 202 Å². The molecule has 0 N–H and O–H groups in total. The molecule has 1 aliphatic heterocycles. The van der Waals surface area contributed by atoms with Gasteiger partial charge in [-0.2, -0.15) is 0 Å². The fourth-order valence-corrected chi connectivity index (χ4v) is 4.37. The average Bonchev–Trinajstić information content (AvgIpc) is 2.90. The van der Waals surface area contributed by atoms with E-state index in [0.717, 1.165) is 39.1 Å². The molecule has 2 amide bonds. The number of carbonyl (C=O) groups is 2. The number of benzene rings is 3. The van der Waals surface area contributed by atoms with Gasteiger partial charge in [-0.15, -0.1) is 0 Å². The van der Waals surface area contributed by atoms with Crippen molar-refractivity contribution in [1.29, 1.82) is 0 Å². The van der Waals surface area contributed by atoms with Crippen LogP contribution in [-0.4, -0.2) is 65.8 Å². The van der Waals surface area contributed by atoms with E-state index in [9.17, 15) is 9.59 Å². The Morgan fingerprint density at radius 2 is 1.24 bits per heavy atom. The van der Waals surface area contributed by atoms with Gasteiger partial charge >= 0.3 is 0 Å². The summed E-state index contributed by atoms with van der Waals surface area (Å²) >= 11 is 0. The molecule has 1 heterocycles. The van der Waals surface area contributed by atoms with E-state index in [4.69, 9.17) is 0 Å². The maximum absolute atomic E-state index is 13.2. The molecule has 5 heteroatoms. The van der Waals surface area contributed by atoms with Crippen LogP contribution in [0.15, 0.2) is 91.0 Å². The summed E-state index contributed by atoms with van der Waals surface area (Å²) in [4.78, 5) is 32.3. The summed E-state index contributed by atoms with van der Waals surface area (Å²) in [7, 11) is 0. The number of amides is 2. The summed E-state index contributed by atoms with van der Waals surface area (Å²) in [6, 6.07) is 30.0. The third-order valence-electron chi connectivity index (χ3n) is 6.39. The molecule has 0 unspecified atom stereocenters. The van der Waals surface area contributed by atoms with Crippen molar-refractivity contribution in [2.45, 2.75) is 19.4 Å². The first kappa shape index (κ1) is 23.7. The highest BCUT2D eigenvalue weighted by Gasteiger charge is 2.23. The van der Waals surface area contributed by atoms with Gasteiger partial charge in [0, 0.05) is 57.8 Å². The Balaban J connectivity index is 1.30. The van der Waals surface area contributed by atoms with E-state index in [1.54, 1.807) is 0 Å². The SMILES string of the molecule is O=C(CCN(CCc1ccccc1)C(=O)c1ccccc1)N1CCN(Cc2ccccc2)CC1. The number of nitrogens with zero attached hydrogens (tertiary/aromatic N) is 3. The van der Waals surface area contributed by atoms with Gasteiger partial charge in [-0.05, 0) is 29.7 Å². The first-order chi connectivity index (χ1) is 16.7. The van der Waals surface area contributed by atoms with Crippen molar-refractivity contribution in [1.82, 2.24) is 14.7 Å². The molecule has 0 spiro atoms. The van der Waals surface area contributed by atoms with Crippen molar-refractivity contribution in [2.24, 2.45) is 0 Å². The van der Waals surface area contributed by atoms with Crippen LogP contribution in [0.4, 0.5) is 0 Å². The van der Waals surface area contributed by atoms with E-state index in [0.29, 0.717) is 25.1 Å². The highest BCUT2D eigenvalue weighted by atomic mass is 16.2. The maximum atomic E-state index is 13.2. The highest BCUT2D eigenvalue weighted by Crippen LogP contribution is 2.12. The zero-order valence-electron chi connectivity index (χ0n) is 19.7. The quantitative estimate of drug-likeness (QED) is 0.488. The summed E-state index contributed by atoms with van der Waals surface area (Å²) in [5, 5.41) is 0. The number of hydrogen-bond acceptors (Lipinski definition) is 3. The standard InChI is InChI=1S/C29H33N3O2/c33-28(31-22-20-30(21-23-31)24-26-12-6-2-7-13-26)17-19-32(18-16-25-10-4-1-5-11-25)29(34)27-14-8-3-9-15-27/h1-15H,16-24H2. The third-order valence-corrected chi connectivity index (χ3v) is 6.39. The van der Waals surface area contributed by atoms with E-state index < -0.39 is 0 Å². The third kappa shape index (κ3) is 6.78. The van der Waals surface area contributed by atoms with Crippen molar-refractivity contribution in [2.75, 3.05) is 39.3 Å². The Bertz CT molecular complexity index is 1030. The maximum Gasteiger partial charge on any atom is 0.253 e. The van der Waals surface area contributed by atoms with Gasteiger partial charge in [0.1, 0.15) is 0 Å². The average molecular weight is 456 g/mol. The van der Waals surface area contributed by atoms with E-state index in [2.05, 4.69) is 41.3 Å². The molecule has 0 bridgehead atoms. The first-order valence-corrected chi connectivity index (χ1v) is 12.1. The lowest BCUT2D eigenvalue weighted by molar-refractivity contribution is -0.133. The van der Waals surface area contributed by atoms with Crippen molar-refractivity contribution in [3.63, 3.8) is 0 Å². The molecule has 34 heavy (non-hydrogen) atoms. The molecule has 4 rings (SSSR count). The Kier molecular flexibility index (Phi) is 8.47. The molecular formula is C29H33N3O2. The van der Waals surface area contributed by atoms with Crippen LogP contribution in [-0.2, 0) is 17.8 Å². The van der Waals surface area contributed by atoms with Crippen molar-refractivity contribution in [3.05, 3.63) is 108 Å². The summed E-state index contributed by atoms with van der Waals surface area (Å²) in [5.74, 6) is 0.113. The summed E-state index contributed by atoms with van der Waals surface area (Å²) < 4.78 is 0. The molecule has 3 aromatic rings. The van der Waals surface area contributed by atoms with Crippen LogP contribution >= 0.6 is 0 Å². The smallest absolute Gasteiger partial charge is 0.253 e. The summed E-state index contributed by atoms with van der Waals surface area (Å²) in [6.07, 6.45) is 1.12. The van der Waals surface area contributed by atoms with Gasteiger partial charge < -0.3 is 9.80 Å². The largest absolute Gasteiger partial charge is 0.340 e. The Morgan fingerprint density at radius 3 is 1.85 bits per heavy atom. The zero-order chi connectivity index (χ0) is 23.6. The number of piperazine rings is 1. The van der Waals surface area contributed by atoms with Gasteiger partial charge in [-0.1, -0.05) is 78.9 Å². The van der Waals surface area contributed by atoms with Gasteiger partial charge in [0.25, 0.3) is 5.91 Å². The van der Waals surface area contributed by atoms with E-state index in [1.807, 2.05) is 64.4 Å². The fourth-order valence-electron chi connectivity index (χ4n) is 4.37. The monoisotopic (exact) mass is 455 g/mol. The van der Waals surface area contributed by atoms with E-state index in [1.165, 1.54) is 11.1 Å². The van der Waals surface area contributed by atoms with Crippen LogP contribution in [0.5, 0.6) is 0 Å². The van der Waals surface area contributed by atoms with Crippen molar-refractivity contribution in [3.8, 4) is 0 Å². The molecule has 1 fully saturated rings. The molecule has 0 aromatic heterocycles. The lowest BCUT2D eigenvalue weighted by Crippen LogP contribution is -2.49. The zero-order valence-corrected chi connectivity index (χ0v) is 19.7. The van der Waals surface area contributed by atoms with Gasteiger partial charge in [0.05, 0.1) is 0 Å². The Hall–Kier alpha value is -3.44. The number of rotatable bonds is 9. The molecule has 176 valence electrons. The minimum Gasteiger partial charge on any atom is -0.340 e.